The summed E-state index contributed by atoms with van der Waals surface area (Å²) >= 11 is 0. The third kappa shape index (κ3) is 2.69. The molecule has 0 spiro atoms. The van der Waals surface area contributed by atoms with E-state index in [1.165, 1.54) is 12.1 Å². The lowest BCUT2D eigenvalue weighted by atomic mass is 10.2. The molecule has 104 valence electrons. The Morgan fingerprint density at radius 2 is 1.85 bits per heavy atom. The molecule has 1 N–H and O–H groups in total. The summed E-state index contributed by atoms with van der Waals surface area (Å²) in [6, 6.07) is 12.2. The molecule has 3 rings (SSSR count). The molecule has 0 bridgehead atoms. The number of halogens is 1. The molecule has 2 aromatic rings. The second kappa shape index (κ2) is 4.71. The maximum absolute atomic E-state index is 13.1. The van der Waals surface area contributed by atoms with E-state index in [-0.39, 0.29) is 5.82 Å². The van der Waals surface area contributed by atoms with Crippen molar-refractivity contribution in [1.29, 1.82) is 0 Å². The molecule has 0 saturated carbocycles. The van der Waals surface area contributed by atoms with Gasteiger partial charge in [0.05, 0.1) is 0 Å². The number of hydrogen-bond donors (Lipinski definition) is 1. The van der Waals surface area contributed by atoms with Crippen LogP contribution in [0.1, 0.15) is 19.4 Å². The molecule has 1 aliphatic rings. The molecule has 0 atom stereocenters. The van der Waals surface area contributed by atoms with Crippen molar-refractivity contribution in [3.05, 3.63) is 53.8 Å². The predicted octanol–water partition coefficient (Wildman–Crippen LogP) is 3.95. The molecule has 0 fully saturated rings. The number of anilines is 1. The lowest BCUT2D eigenvalue weighted by Gasteiger charge is -2.16. The number of ether oxygens (including phenoxy) is 2. The molecule has 0 amide bonds. The summed E-state index contributed by atoms with van der Waals surface area (Å²) in [7, 11) is 0. The first-order valence-electron chi connectivity index (χ1n) is 6.52. The number of fused-ring (bicyclic) bond motifs is 1. The highest BCUT2D eigenvalue weighted by atomic mass is 19.1. The van der Waals surface area contributed by atoms with E-state index in [1.54, 1.807) is 6.07 Å². The summed E-state index contributed by atoms with van der Waals surface area (Å²) in [5.41, 5.74) is 1.80. The van der Waals surface area contributed by atoms with E-state index in [0.717, 1.165) is 22.7 Å². The highest BCUT2D eigenvalue weighted by molar-refractivity contribution is 5.56. The van der Waals surface area contributed by atoms with E-state index in [0.29, 0.717) is 6.54 Å². The maximum Gasteiger partial charge on any atom is 0.246 e. The Bertz CT molecular complexity index is 640. The van der Waals surface area contributed by atoms with Gasteiger partial charge in [0.15, 0.2) is 11.5 Å². The monoisotopic (exact) mass is 273 g/mol. The molecule has 0 radical (unpaired) electrons. The SMILES string of the molecule is CC1(C)Oc2ccc(NCc3cccc(F)c3)cc2O1. The third-order valence-electron chi connectivity index (χ3n) is 3.04. The average molecular weight is 273 g/mol. The van der Waals surface area contributed by atoms with Crippen LogP contribution in [0.5, 0.6) is 11.5 Å². The zero-order valence-electron chi connectivity index (χ0n) is 11.4. The van der Waals surface area contributed by atoms with Gasteiger partial charge >= 0.3 is 0 Å². The first-order valence-corrected chi connectivity index (χ1v) is 6.52. The Balaban J connectivity index is 1.71. The minimum absolute atomic E-state index is 0.225. The van der Waals surface area contributed by atoms with Crippen molar-refractivity contribution in [3.63, 3.8) is 0 Å². The topological polar surface area (TPSA) is 30.5 Å². The van der Waals surface area contributed by atoms with Gasteiger partial charge in [-0.25, -0.2) is 4.39 Å². The van der Waals surface area contributed by atoms with Crippen molar-refractivity contribution in [1.82, 2.24) is 0 Å². The molecule has 1 aliphatic heterocycles. The van der Waals surface area contributed by atoms with Gasteiger partial charge in [0.1, 0.15) is 5.82 Å². The second-order valence-corrected chi connectivity index (χ2v) is 5.25. The highest BCUT2D eigenvalue weighted by Crippen LogP contribution is 2.40. The summed E-state index contributed by atoms with van der Waals surface area (Å²) in [6.07, 6.45) is 0. The van der Waals surface area contributed by atoms with E-state index in [9.17, 15) is 4.39 Å². The van der Waals surface area contributed by atoms with Crippen molar-refractivity contribution < 1.29 is 13.9 Å². The van der Waals surface area contributed by atoms with E-state index in [4.69, 9.17) is 9.47 Å². The van der Waals surface area contributed by atoms with Crippen LogP contribution in [0.3, 0.4) is 0 Å². The van der Waals surface area contributed by atoms with Gasteiger partial charge in [0.25, 0.3) is 0 Å². The molecule has 20 heavy (non-hydrogen) atoms. The second-order valence-electron chi connectivity index (χ2n) is 5.25. The van der Waals surface area contributed by atoms with Gasteiger partial charge in [-0.3, -0.25) is 0 Å². The van der Waals surface area contributed by atoms with E-state index in [2.05, 4.69) is 5.32 Å². The molecule has 0 saturated heterocycles. The van der Waals surface area contributed by atoms with Crippen LogP contribution in [0.4, 0.5) is 10.1 Å². The molecular weight excluding hydrogens is 257 g/mol. The van der Waals surface area contributed by atoms with Crippen LogP contribution >= 0.6 is 0 Å². The molecule has 4 heteroatoms. The third-order valence-corrected chi connectivity index (χ3v) is 3.04. The fourth-order valence-corrected chi connectivity index (χ4v) is 2.18. The van der Waals surface area contributed by atoms with Crippen LogP contribution in [0.2, 0.25) is 0 Å². The van der Waals surface area contributed by atoms with Crippen molar-refractivity contribution in [2.45, 2.75) is 26.2 Å². The average Bonchev–Trinajstić information content (AvgIpc) is 2.69. The fourth-order valence-electron chi connectivity index (χ4n) is 2.18. The molecule has 0 unspecified atom stereocenters. The van der Waals surface area contributed by atoms with Gasteiger partial charge in [-0.2, -0.15) is 0 Å². The van der Waals surface area contributed by atoms with Crippen LogP contribution in [0.25, 0.3) is 0 Å². The van der Waals surface area contributed by atoms with Crippen molar-refractivity contribution in [2.75, 3.05) is 5.32 Å². The lowest BCUT2D eigenvalue weighted by molar-refractivity contribution is -0.0431. The van der Waals surface area contributed by atoms with Crippen LogP contribution in [0.15, 0.2) is 42.5 Å². The Morgan fingerprint density at radius 3 is 2.65 bits per heavy atom. The molecule has 2 aromatic carbocycles. The largest absolute Gasteiger partial charge is 0.449 e. The van der Waals surface area contributed by atoms with Gasteiger partial charge in [0.2, 0.25) is 5.79 Å². The maximum atomic E-state index is 13.1. The summed E-state index contributed by atoms with van der Waals surface area (Å²) < 4.78 is 24.4. The van der Waals surface area contributed by atoms with Crippen LogP contribution in [-0.2, 0) is 6.54 Å². The zero-order chi connectivity index (χ0) is 14.2. The summed E-state index contributed by atoms with van der Waals surface area (Å²) in [4.78, 5) is 0. The van der Waals surface area contributed by atoms with Crippen molar-refractivity contribution in [3.8, 4) is 11.5 Å². The Kier molecular flexibility index (Phi) is 3.01. The summed E-state index contributed by atoms with van der Waals surface area (Å²) in [5, 5.41) is 3.24. The standard InChI is InChI=1S/C16H16FNO2/c1-16(2)19-14-7-6-13(9-15(14)20-16)18-10-11-4-3-5-12(17)8-11/h3-9,18H,10H2,1-2H3. The normalized spacial score (nSPS) is 15.2. The first-order chi connectivity index (χ1) is 9.52. The molecule has 1 heterocycles. The quantitative estimate of drug-likeness (QED) is 0.918. The molecule has 0 aromatic heterocycles. The molecule has 3 nitrogen and oxygen atoms in total. The minimum Gasteiger partial charge on any atom is -0.449 e. The fraction of sp³-hybridized carbons (Fsp3) is 0.250. The molecular formula is C16H16FNO2. The van der Waals surface area contributed by atoms with Crippen molar-refractivity contribution >= 4 is 5.69 Å². The van der Waals surface area contributed by atoms with E-state index < -0.39 is 5.79 Å². The van der Waals surface area contributed by atoms with Gasteiger partial charge < -0.3 is 14.8 Å². The minimum atomic E-state index is -0.622. The van der Waals surface area contributed by atoms with Crippen LogP contribution < -0.4 is 14.8 Å². The number of nitrogens with one attached hydrogen (secondary N) is 1. The van der Waals surface area contributed by atoms with Gasteiger partial charge in [-0.05, 0) is 29.8 Å². The van der Waals surface area contributed by atoms with E-state index in [1.807, 2.05) is 38.1 Å². The number of benzene rings is 2. The van der Waals surface area contributed by atoms with E-state index >= 15 is 0 Å². The highest BCUT2D eigenvalue weighted by Gasteiger charge is 2.31. The number of hydrogen-bond acceptors (Lipinski definition) is 3. The lowest BCUT2D eigenvalue weighted by Crippen LogP contribution is -2.29. The first kappa shape index (κ1) is 12.8. The summed E-state index contributed by atoms with van der Waals surface area (Å²) in [6.45, 7) is 4.29. The van der Waals surface area contributed by atoms with Gasteiger partial charge in [-0.1, -0.05) is 12.1 Å². The van der Waals surface area contributed by atoms with Gasteiger partial charge in [-0.15, -0.1) is 0 Å². The smallest absolute Gasteiger partial charge is 0.246 e. The zero-order valence-corrected chi connectivity index (χ0v) is 11.4. The Morgan fingerprint density at radius 1 is 1.05 bits per heavy atom. The van der Waals surface area contributed by atoms with Gasteiger partial charge in [0, 0.05) is 32.1 Å². The Hall–Kier alpha value is -2.23. The Labute approximate surface area is 117 Å². The van der Waals surface area contributed by atoms with Crippen LogP contribution in [-0.4, -0.2) is 5.79 Å². The molecule has 0 aliphatic carbocycles. The number of rotatable bonds is 3. The predicted molar refractivity (Wildman–Crippen MR) is 75.5 cm³/mol. The van der Waals surface area contributed by atoms with Crippen LogP contribution in [0, 0.1) is 5.82 Å². The van der Waals surface area contributed by atoms with Crippen molar-refractivity contribution in [2.24, 2.45) is 0 Å². The summed E-state index contributed by atoms with van der Waals surface area (Å²) in [5.74, 6) is 0.617.